The van der Waals surface area contributed by atoms with Crippen LogP contribution in [-0.2, 0) is 16.1 Å². The van der Waals surface area contributed by atoms with Crippen molar-refractivity contribution in [3.05, 3.63) is 21.3 Å². The van der Waals surface area contributed by atoms with E-state index >= 15 is 0 Å². The number of carbonyl (C=O) groups is 1. The molecule has 0 aliphatic carbocycles. The molecule has 1 heterocycles. The highest BCUT2D eigenvalue weighted by Gasteiger charge is 2.05. The van der Waals surface area contributed by atoms with Crippen LogP contribution in [0.25, 0.3) is 0 Å². The smallest absolute Gasteiger partial charge is 0.320 e. The Hall–Kier alpha value is -0.580. The number of hydrogen-bond donors (Lipinski definition) is 1. The third-order valence-electron chi connectivity index (χ3n) is 1.56. The summed E-state index contributed by atoms with van der Waals surface area (Å²) in [5.41, 5.74) is 0. The molecule has 0 atom stereocenters. The van der Waals surface area contributed by atoms with E-state index < -0.39 is 0 Å². The van der Waals surface area contributed by atoms with Crippen LogP contribution in [0.1, 0.15) is 18.7 Å². The first-order valence-electron chi connectivity index (χ1n) is 4.72. The molecule has 0 amide bonds. The van der Waals surface area contributed by atoms with Gasteiger partial charge in [0.15, 0.2) is 0 Å². The minimum atomic E-state index is -0.229. The molecule has 0 saturated heterocycles. The van der Waals surface area contributed by atoms with Crippen molar-refractivity contribution >= 4 is 28.9 Å². The fourth-order valence-electron chi connectivity index (χ4n) is 1.04. The Kier molecular flexibility index (Phi) is 5.08. The summed E-state index contributed by atoms with van der Waals surface area (Å²) in [6.45, 7) is 4.53. The van der Waals surface area contributed by atoms with Gasteiger partial charge in [0.05, 0.1) is 17.0 Å². The zero-order valence-corrected chi connectivity index (χ0v) is 10.3. The lowest BCUT2D eigenvalue weighted by Crippen LogP contribution is -2.25. The molecule has 15 heavy (non-hydrogen) atoms. The summed E-state index contributed by atoms with van der Waals surface area (Å²) in [7, 11) is 0. The number of carbonyl (C=O) groups excluding carboxylic acids is 1. The molecule has 3 nitrogen and oxygen atoms in total. The van der Waals surface area contributed by atoms with Gasteiger partial charge in [0.1, 0.15) is 0 Å². The summed E-state index contributed by atoms with van der Waals surface area (Å²) in [4.78, 5) is 12.3. The molecule has 0 spiro atoms. The summed E-state index contributed by atoms with van der Waals surface area (Å²) >= 11 is 7.27. The van der Waals surface area contributed by atoms with Crippen LogP contribution in [0.2, 0.25) is 4.34 Å². The van der Waals surface area contributed by atoms with Crippen molar-refractivity contribution in [1.82, 2.24) is 5.32 Å². The molecule has 0 unspecified atom stereocenters. The maximum Gasteiger partial charge on any atom is 0.320 e. The van der Waals surface area contributed by atoms with Gasteiger partial charge in [0.25, 0.3) is 0 Å². The Morgan fingerprint density at radius 1 is 1.60 bits per heavy atom. The highest BCUT2D eigenvalue weighted by Crippen LogP contribution is 2.20. The Bertz CT molecular complexity index is 325. The molecule has 1 aromatic heterocycles. The molecule has 84 valence electrons. The molecule has 0 aliphatic rings. The van der Waals surface area contributed by atoms with Crippen molar-refractivity contribution < 1.29 is 9.53 Å². The molecule has 5 heteroatoms. The van der Waals surface area contributed by atoms with Crippen molar-refractivity contribution in [2.45, 2.75) is 26.5 Å². The van der Waals surface area contributed by atoms with Crippen LogP contribution < -0.4 is 5.32 Å². The first kappa shape index (κ1) is 12.5. The van der Waals surface area contributed by atoms with Gasteiger partial charge in [-0.2, -0.15) is 0 Å². The van der Waals surface area contributed by atoms with Crippen molar-refractivity contribution in [3.63, 3.8) is 0 Å². The van der Waals surface area contributed by atoms with Crippen molar-refractivity contribution in [1.29, 1.82) is 0 Å². The largest absolute Gasteiger partial charge is 0.462 e. The van der Waals surface area contributed by atoms with Crippen LogP contribution in [0.4, 0.5) is 0 Å². The maximum absolute atomic E-state index is 11.1. The first-order valence-corrected chi connectivity index (χ1v) is 5.92. The predicted molar refractivity (Wildman–Crippen MR) is 62.3 cm³/mol. The summed E-state index contributed by atoms with van der Waals surface area (Å²) in [5, 5.41) is 3.00. The second-order valence-corrected chi connectivity index (χ2v) is 5.15. The Balaban J connectivity index is 2.19. The number of thiophene rings is 1. The topological polar surface area (TPSA) is 38.3 Å². The highest BCUT2D eigenvalue weighted by atomic mass is 35.5. The summed E-state index contributed by atoms with van der Waals surface area (Å²) in [6, 6.07) is 3.78. The number of hydrogen-bond acceptors (Lipinski definition) is 4. The number of halogens is 1. The zero-order valence-electron chi connectivity index (χ0n) is 8.75. The second-order valence-electron chi connectivity index (χ2n) is 3.35. The Labute approximate surface area is 98.4 Å². The van der Waals surface area contributed by atoms with Crippen LogP contribution in [0.3, 0.4) is 0 Å². The lowest BCUT2D eigenvalue weighted by Gasteiger charge is -2.07. The van der Waals surface area contributed by atoms with Gasteiger partial charge in [-0.25, -0.2) is 0 Å². The van der Waals surface area contributed by atoms with Gasteiger partial charge < -0.3 is 10.1 Å². The summed E-state index contributed by atoms with van der Waals surface area (Å²) in [5.74, 6) is -0.229. The minimum Gasteiger partial charge on any atom is -0.462 e. The zero-order chi connectivity index (χ0) is 11.3. The molecular formula is C10H14ClNO2S. The fraction of sp³-hybridized carbons (Fsp3) is 0.500. The van der Waals surface area contributed by atoms with E-state index in [1.54, 1.807) is 0 Å². The average Bonchev–Trinajstić information content (AvgIpc) is 2.50. The maximum atomic E-state index is 11.1. The minimum absolute atomic E-state index is 0.0597. The van der Waals surface area contributed by atoms with Crippen molar-refractivity contribution in [2.75, 3.05) is 6.54 Å². The Morgan fingerprint density at radius 2 is 2.33 bits per heavy atom. The van der Waals surface area contributed by atoms with E-state index in [0.717, 1.165) is 9.21 Å². The Morgan fingerprint density at radius 3 is 2.87 bits per heavy atom. The quantitative estimate of drug-likeness (QED) is 0.813. The van der Waals surface area contributed by atoms with Crippen LogP contribution in [0.15, 0.2) is 12.1 Å². The van der Waals surface area contributed by atoms with Gasteiger partial charge in [-0.3, -0.25) is 4.79 Å². The fourth-order valence-corrected chi connectivity index (χ4v) is 2.10. The third kappa shape index (κ3) is 5.16. The molecule has 1 rings (SSSR count). The molecule has 0 aromatic carbocycles. The van der Waals surface area contributed by atoms with Crippen LogP contribution >= 0.6 is 22.9 Å². The van der Waals surface area contributed by atoms with Crippen molar-refractivity contribution in [3.8, 4) is 0 Å². The molecule has 0 bridgehead atoms. The van der Waals surface area contributed by atoms with E-state index in [2.05, 4.69) is 5.32 Å². The molecule has 0 aliphatic heterocycles. The molecule has 1 N–H and O–H groups in total. The number of nitrogens with one attached hydrogen (secondary N) is 1. The number of rotatable bonds is 5. The van der Waals surface area contributed by atoms with E-state index in [9.17, 15) is 4.79 Å². The summed E-state index contributed by atoms with van der Waals surface area (Å²) < 4.78 is 5.73. The average molecular weight is 248 g/mol. The molecule has 0 fully saturated rings. The van der Waals surface area contributed by atoms with Crippen LogP contribution in [0, 0.1) is 0 Å². The molecule has 1 aromatic rings. The SMILES string of the molecule is CC(C)OC(=O)CNCc1ccc(Cl)s1. The van der Waals surface area contributed by atoms with Gasteiger partial charge in [0, 0.05) is 11.4 Å². The van der Waals surface area contributed by atoms with E-state index in [1.165, 1.54) is 11.3 Å². The van der Waals surface area contributed by atoms with Gasteiger partial charge in [-0.05, 0) is 26.0 Å². The van der Waals surface area contributed by atoms with Crippen LogP contribution in [-0.4, -0.2) is 18.6 Å². The predicted octanol–water partition coefficient (Wildman–Crippen LogP) is 2.44. The van der Waals surface area contributed by atoms with E-state index in [0.29, 0.717) is 6.54 Å². The summed E-state index contributed by atoms with van der Waals surface area (Å²) in [6.07, 6.45) is -0.0597. The monoisotopic (exact) mass is 247 g/mol. The standard InChI is InChI=1S/C10H14ClNO2S/c1-7(2)14-10(13)6-12-5-8-3-4-9(11)15-8/h3-4,7,12H,5-6H2,1-2H3. The van der Waals surface area contributed by atoms with Gasteiger partial charge in [-0.1, -0.05) is 11.6 Å². The van der Waals surface area contributed by atoms with Crippen molar-refractivity contribution in [2.24, 2.45) is 0 Å². The molecule has 0 saturated carbocycles. The normalized spacial score (nSPS) is 10.7. The highest BCUT2D eigenvalue weighted by molar-refractivity contribution is 7.16. The second kappa shape index (κ2) is 6.10. The third-order valence-corrected chi connectivity index (χ3v) is 2.80. The van der Waals surface area contributed by atoms with E-state index in [4.69, 9.17) is 16.3 Å². The van der Waals surface area contributed by atoms with Gasteiger partial charge in [-0.15, -0.1) is 11.3 Å². The van der Waals surface area contributed by atoms with Crippen LogP contribution in [0.5, 0.6) is 0 Å². The molecular weight excluding hydrogens is 234 g/mol. The lowest BCUT2D eigenvalue weighted by molar-refractivity contribution is -0.146. The first-order chi connectivity index (χ1) is 7.08. The lowest BCUT2D eigenvalue weighted by atomic mass is 10.4. The van der Waals surface area contributed by atoms with Gasteiger partial charge in [0.2, 0.25) is 0 Å². The van der Waals surface area contributed by atoms with Gasteiger partial charge >= 0.3 is 5.97 Å². The van der Waals surface area contributed by atoms with E-state index in [-0.39, 0.29) is 18.6 Å². The number of ether oxygens (including phenoxy) is 1. The van der Waals surface area contributed by atoms with E-state index in [1.807, 2.05) is 26.0 Å². The molecule has 0 radical (unpaired) electrons. The number of esters is 1.